The van der Waals surface area contributed by atoms with Crippen molar-refractivity contribution < 1.29 is 8.42 Å². The molecule has 0 N–H and O–H groups in total. The van der Waals surface area contributed by atoms with E-state index in [1.165, 1.54) is 5.56 Å². The van der Waals surface area contributed by atoms with Crippen molar-refractivity contribution >= 4 is 10.7 Å². The molecule has 17 heavy (non-hydrogen) atoms. The molecule has 0 amide bonds. The second-order valence-electron chi connectivity index (χ2n) is 6.49. The summed E-state index contributed by atoms with van der Waals surface area (Å²) < 4.78 is 22.5. The first-order valence-corrected chi connectivity index (χ1v) is 7.00. The Morgan fingerprint density at radius 3 is 1.76 bits per heavy atom. The normalized spacial score (nSPS) is 13.1. The van der Waals surface area contributed by atoms with Gasteiger partial charge in [-0.25, -0.2) is 8.42 Å². The van der Waals surface area contributed by atoms with Gasteiger partial charge in [0.25, 0.3) is 0 Å². The van der Waals surface area contributed by atoms with E-state index in [0.717, 1.165) is 5.56 Å². The molecule has 0 bridgehead atoms. The molecule has 0 saturated heterocycles. The lowest BCUT2D eigenvalue weighted by Gasteiger charge is -2.26. The van der Waals surface area contributed by atoms with Gasteiger partial charge in [0.1, 0.15) is 0 Å². The van der Waals surface area contributed by atoms with Gasteiger partial charge in [-0.2, -0.15) is 0 Å². The van der Waals surface area contributed by atoms with Crippen molar-refractivity contribution in [3.8, 4) is 0 Å². The number of benzene rings is 1. The fourth-order valence-electron chi connectivity index (χ4n) is 1.76. The van der Waals surface area contributed by atoms with Crippen molar-refractivity contribution in [2.45, 2.75) is 57.3 Å². The van der Waals surface area contributed by atoms with Gasteiger partial charge in [-0.1, -0.05) is 53.7 Å². The van der Waals surface area contributed by atoms with Crippen LogP contribution in [0.5, 0.6) is 0 Å². The summed E-state index contributed by atoms with van der Waals surface area (Å²) in [5.41, 5.74) is 1.95. The standard InChI is InChI=1S/C14H22O2S/c1-13(2,3)10-7-8-12(17(15)16)11(9-10)14(4,5)6/h7-9,17H,1-6H3. The molecule has 0 aromatic heterocycles. The molecule has 0 heterocycles. The molecular formula is C14H22O2S. The Morgan fingerprint density at radius 2 is 1.41 bits per heavy atom. The largest absolute Gasteiger partial charge is 0.227 e. The van der Waals surface area contributed by atoms with Crippen LogP contribution in [0.1, 0.15) is 52.7 Å². The molecule has 3 heteroatoms. The average Bonchev–Trinajstić information content (AvgIpc) is 2.14. The second-order valence-corrected chi connectivity index (χ2v) is 7.49. The molecule has 0 aliphatic rings. The zero-order valence-corrected chi connectivity index (χ0v) is 12.4. The van der Waals surface area contributed by atoms with Gasteiger partial charge in [0.15, 0.2) is 10.7 Å². The van der Waals surface area contributed by atoms with Crippen LogP contribution in [0.3, 0.4) is 0 Å². The van der Waals surface area contributed by atoms with E-state index in [9.17, 15) is 8.42 Å². The smallest absolute Gasteiger partial charge is 0.168 e. The highest BCUT2D eigenvalue weighted by molar-refractivity contribution is 7.72. The third-order valence-corrected chi connectivity index (χ3v) is 3.65. The van der Waals surface area contributed by atoms with Crippen LogP contribution in [-0.2, 0) is 21.5 Å². The molecule has 0 saturated carbocycles. The number of hydrogen-bond acceptors (Lipinski definition) is 2. The fraction of sp³-hybridized carbons (Fsp3) is 0.571. The predicted octanol–water partition coefficient (Wildman–Crippen LogP) is 3.25. The SMILES string of the molecule is CC(C)(C)c1ccc([SH](=O)=O)c(C(C)(C)C)c1. The minimum absolute atomic E-state index is 0.0348. The Balaban J connectivity index is 3.51. The molecule has 1 rings (SSSR count). The van der Waals surface area contributed by atoms with Gasteiger partial charge in [0.05, 0.1) is 4.90 Å². The lowest BCUT2D eigenvalue weighted by atomic mass is 9.81. The van der Waals surface area contributed by atoms with Crippen molar-refractivity contribution in [3.63, 3.8) is 0 Å². The molecular weight excluding hydrogens is 232 g/mol. The highest BCUT2D eigenvalue weighted by atomic mass is 32.2. The van der Waals surface area contributed by atoms with Crippen LogP contribution in [-0.4, -0.2) is 8.42 Å². The summed E-state index contributed by atoms with van der Waals surface area (Å²) in [5, 5.41) is 0. The maximum atomic E-state index is 11.3. The third kappa shape index (κ3) is 3.32. The molecule has 0 aliphatic carbocycles. The minimum atomic E-state index is -2.53. The van der Waals surface area contributed by atoms with E-state index in [1.807, 2.05) is 32.9 Å². The van der Waals surface area contributed by atoms with Crippen molar-refractivity contribution in [2.75, 3.05) is 0 Å². The van der Waals surface area contributed by atoms with Crippen molar-refractivity contribution in [3.05, 3.63) is 29.3 Å². The van der Waals surface area contributed by atoms with Crippen LogP contribution in [0, 0.1) is 0 Å². The first-order chi connectivity index (χ1) is 7.53. The molecule has 1 aromatic rings. The first kappa shape index (κ1) is 14.2. The molecule has 1 aromatic carbocycles. The lowest BCUT2D eigenvalue weighted by Crippen LogP contribution is -2.18. The molecule has 0 unspecified atom stereocenters. The van der Waals surface area contributed by atoms with Crippen molar-refractivity contribution in [1.29, 1.82) is 0 Å². The van der Waals surface area contributed by atoms with Gasteiger partial charge in [0, 0.05) is 0 Å². The summed E-state index contributed by atoms with van der Waals surface area (Å²) in [6.07, 6.45) is 0. The molecule has 0 aliphatic heterocycles. The molecule has 0 fully saturated rings. The Hall–Kier alpha value is -0.830. The van der Waals surface area contributed by atoms with Gasteiger partial charge < -0.3 is 0 Å². The summed E-state index contributed by atoms with van der Waals surface area (Å²) in [7, 11) is -2.53. The minimum Gasteiger partial charge on any atom is -0.227 e. The van der Waals surface area contributed by atoms with E-state index < -0.39 is 10.7 Å². The third-order valence-electron chi connectivity index (χ3n) is 2.87. The van der Waals surface area contributed by atoms with E-state index in [0.29, 0.717) is 4.90 Å². The molecule has 0 radical (unpaired) electrons. The Kier molecular flexibility index (Phi) is 3.72. The van der Waals surface area contributed by atoms with E-state index >= 15 is 0 Å². The Morgan fingerprint density at radius 1 is 0.882 bits per heavy atom. The van der Waals surface area contributed by atoms with Crippen LogP contribution < -0.4 is 0 Å². The highest BCUT2D eigenvalue weighted by Gasteiger charge is 2.22. The quantitative estimate of drug-likeness (QED) is 0.781. The maximum absolute atomic E-state index is 11.3. The maximum Gasteiger partial charge on any atom is 0.168 e. The van der Waals surface area contributed by atoms with E-state index in [2.05, 4.69) is 20.8 Å². The van der Waals surface area contributed by atoms with E-state index in [1.54, 1.807) is 6.07 Å². The van der Waals surface area contributed by atoms with Crippen molar-refractivity contribution in [2.24, 2.45) is 0 Å². The summed E-state index contributed by atoms with van der Waals surface area (Å²) >= 11 is 0. The van der Waals surface area contributed by atoms with Crippen LogP contribution >= 0.6 is 0 Å². The van der Waals surface area contributed by atoms with Crippen LogP contribution in [0.4, 0.5) is 0 Å². The summed E-state index contributed by atoms with van der Waals surface area (Å²) in [5.74, 6) is 0. The van der Waals surface area contributed by atoms with Gasteiger partial charge in [-0.05, 0) is 28.0 Å². The number of hydrogen-bond donors (Lipinski definition) is 1. The average molecular weight is 254 g/mol. The zero-order valence-electron chi connectivity index (χ0n) is 11.5. The summed E-state index contributed by atoms with van der Waals surface area (Å²) in [6, 6.07) is 5.67. The Bertz CT molecular complexity index is 478. The van der Waals surface area contributed by atoms with Gasteiger partial charge in [-0.3, -0.25) is 0 Å². The van der Waals surface area contributed by atoms with Gasteiger partial charge in [0.2, 0.25) is 0 Å². The number of rotatable bonds is 1. The van der Waals surface area contributed by atoms with Gasteiger partial charge in [-0.15, -0.1) is 0 Å². The predicted molar refractivity (Wildman–Crippen MR) is 72.4 cm³/mol. The van der Waals surface area contributed by atoms with E-state index in [-0.39, 0.29) is 10.8 Å². The summed E-state index contributed by atoms with van der Waals surface area (Å²) in [6.45, 7) is 12.5. The topological polar surface area (TPSA) is 34.1 Å². The van der Waals surface area contributed by atoms with Gasteiger partial charge >= 0.3 is 0 Å². The van der Waals surface area contributed by atoms with Crippen LogP contribution in [0.25, 0.3) is 0 Å². The lowest BCUT2D eigenvalue weighted by molar-refractivity contribution is 0.553. The molecule has 2 nitrogen and oxygen atoms in total. The molecule has 96 valence electrons. The van der Waals surface area contributed by atoms with E-state index in [4.69, 9.17) is 0 Å². The summed E-state index contributed by atoms with van der Waals surface area (Å²) in [4.78, 5) is 0.445. The monoisotopic (exact) mass is 254 g/mol. The number of thiol groups is 1. The van der Waals surface area contributed by atoms with Crippen molar-refractivity contribution in [1.82, 2.24) is 0 Å². The van der Waals surface area contributed by atoms with Crippen LogP contribution in [0.2, 0.25) is 0 Å². The highest BCUT2D eigenvalue weighted by Crippen LogP contribution is 2.31. The Labute approximate surface area is 106 Å². The second kappa shape index (κ2) is 4.45. The van der Waals surface area contributed by atoms with Crippen LogP contribution in [0.15, 0.2) is 23.1 Å². The fourth-order valence-corrected chi connectivity index (χ4v) is 2.56. The molecule has 0 atom stereocenters. The first-order valence-electron chi connectivity index (χ1n) is 5.83. The zero-order chi connectivity index (χ0) is 13.4. The molecule has 0 spiro atoms.